The second kappa shape index (κ2) is 3.29. The van der Waals surface area contributed by atoms with E-state index in [9.17, 15) is 4.79 Å². The van der Waals surface area contributed by atoms with Crippen molar-refractivity contribution in [2.45, 2.75) is 51.6 Å². The van der Waals surface area contributed by atoms with Gasteiger partial charge in [-0.3, -0.25) is 9.63 Å². The zero-order valence-electron chi connectivity index (χ0n) is 8.14. The summed E-state index contributed by atoms with van der Waals surface area (Å²) in [5.41, 5.74) is 2.48. The zero-order chi connectivity index (χ0) is 9.31. The summed E-state index contributed by atoms with van der Waals surface area (Å²) in [5, 5.41) is 0. The van der Waals surface area contributed by atoms with Crippen molar-refractivity contribution >= 4 is 5.91 Å². The van der Waals surface area contributed by atoms with Gasteiger partial charge in [0.1, 0.15) is 0 Å². The Kier molecular flexibility index (Phi) is 2.28. The maximum atomic E-state index is 11.4. The summed E-state index contributed by atoms with van der Waals surface area (Å²) in [5.74, 6) is 0.0689. The Hall–Kier alpha value is -0.570. The van der Waals surface area contributed by atoms with Crippen molar-refractivity contribution in [3.8, 4) is 0 Å². The average molecular weight is 183 g/mol. The Morgan fingerprint density at radius 2 is 2.00 bits per heavy atom. The number of hydrogen-bond donors (Lipinski definition) is 1. The van der Waals surface area contributed by atoms with Crippen molar-refractivity contribution in [2.75, 3.05) is 0 Å². The minimum absolute atomic E-state index is 0.0689. The Bertz CT molecular complexity index is 205. The standard InChI is InChI=1S/C10H17NO2/c1-10(6-7-10)9(12)11-13-8-4-2-3-5-8/h8H,2-7H2,1H3,(H,11,12). The number of carbonyl (C=O) groups is 1. The van der Waals surface area contributed by atoms with Crippen LogP contribution >= 0.6 is 0 Å². The molecule has 2 aliphatic rings. The van der Waals surface area contributed by atoms with E-state index >= 15 is 0 Å². The van der Waals surface area contributed by atoms with Gasteiger partial charge in [-0.05, 0) is 25.7 Å². The molecule has 0 unspecified atom stereocenters. The van der Waals surface area contributed by atoms with Gasteiger partial charge in [0.05, 0.1) is 6.10 Å². The molecule has 0 atom stereocenters. The highest BCUT2D eigenvalue weighted by molar-refractivity contribution is 5.83. The van der Waals surface area contributed by atoms with Gasteiger partial charge in [0.2, 0.25) is 5.91 Å². The van der Waals surface area contributed by atoms with E-state index in [1.165, 1.54) is 12.8 Å². The predicted octanol–water partition coefficient (Wildman–Crippen LogP) is 1.78. The molecule has 0 heterocycles. The molecule has 0 aliphatic heterocycles. The van der Waals surface area contributed by atoms with Crippen LogP contribution in [0.15, 0.2) is 0 Å². The molecule has 2 saturated carbocycles. The Morgan fingerprint density at radius 3 is 2.54 bits per heavy atom. The van der Waals surface area contributed by atoms with Crippen molar-refractivity contribution < 1.29 is 9.63 Å². The number of nitrogens with one attached hydrogen (secondary N) is 1. The quantitative estimate of drug-likeness (QED) is 0.677. The fourth-order valence-electron chi connectivity index (χ4n) is 1.68. The fraction of sp³-hybridized carbons (Fsp3) is 0.900. The van der Waals surface area contributed by atoms with Gasteiger partial charge in [0, 0.05) is 5.41 Å². The molecule has 74 valence electrons. The maximum Gasteiger partial charge on any atom is 0.249 e. The van der Waals surface area contributed by atoms with E-state index in [2.05, 4.69) is 5.48 Å². The molecule has 0 saturated heterocycles. The average Bonchev–Trinajstić information content (AvgIpc) is 2.70. The highest BCUT2D eigenvalue weighted by Crippen LogP contribution is 2.45. The number of rotatable bonds is 3. The third-order valence-electron chi connectivity index (χ3n) is 3.17. The molecule has 0 aromatic rings. The number of hydroxylamine groups is 1. The summed E-state index contributed by atoms with van der Waals surface area (Å²) in [6.45, 7) is 1.99. The molecule has 3 nitrogen and oxygen atoms in total. The number of hydrogen-bond acceptors (Lipinski definition) is 2. The lowest BCUT2D eigenvalue weighted by atomic mass is 10.1. The van der Waals surface area contributed by atoms with Gasteiger partial charge < -0.3 is 0 Å². The highest BCUT2D eigenvalue weighted by atomic mass is 16.7. The first-order chi connectivity index (χ1) is 6.21. The highest BCUT2D eigenvalue weighted by Gasteiger charge is 2.45. The summed E-state index contributed by atoms with van der Waals surface area (Å²) in [4.78, 5) is 16.8. The zero-order valence-corrected chi connectivity index (χ0v) is 8.14. The van der Waals surface area contributed by atoms with Crippen LogP contribution in [0.5, 0.6) is 0 Å². The van der Waals surface area contributed by atoms with Crippen LogP contribution in [0.1, 0.15) is 45.4 Å². The van der Waals surface area contributed by atoms with Crippen LogP contribution in [0.25, 0.3) is 0 Å². The summed E-state index contributed by atoms with van der Waals surface area (Å²) in [6.07, 6.45) is 6.94. The van der Waals surface area contributed by atoms with Gasteiger partial charge in [0.15, 0.2) is 0 Å². The van der Waals surface area contributed by atoms with Crippen molar-refractivity contribution in [1.29, 1.82) is 0 Å². The lowest BCUT2D eigenvalue weighted by Gasteiger charge is -2.13. The van der Waals surface area contributed by atoms with Crippen molar-refractivity contribution in [3.63, 3.8) is 0 Å². The Morgan fingerprint density at radius 1 is 1.38 bits per heavy atom. The molecule has 2 rings (SSSR count). The molecule has 0 aromatic heterocycles. The van der Waals surface area contributed by atoms with E-state index < -0.39 is 0 Å². The van der Waals surface area contributed by atoms with E-state index in [1.54, 1.807) is 0 Å². The molecule has 0 aromatic carbocycles. The normalized spacial score (nSPS) is 25.9. The molecule has 13 heavy (non-hydrogen) atoms. The van der Waals surface area contributed by atoms with E-state index in [0.29, 0.717) is 0 Å². The van der Waals surface area contributed by atoms with Crippen molar-refractivity contribution in [3.05, 3.63) is 0 Å². The van der Waals surface area contributed by atoms with Crippen LogP contribution in [0.3, 0.4) is 0 Å². The van der Waals surface area contributed by atoms with Gasteiger partial charge in [-0.2, -0.15) is 0 Å². The van der Waals surface area contributed by atoms with Gasteiger partial charge in [-0.15, -0.1) is 0 Å². The van der Waals surface area contributed by atoms with Crippen LogP contribution in [0.4, 0.5) is 0 Å². The first-order valence-corrected chi connectivity index (χ1v) is 5.17. The van der Waals surface area contributed by atoms with E-state index in [0.717, 1.165) is 25.7 Å². The largest absolute Gasteiger partial charge is 0.272 e. The summed E-state index contributed by atoms with van der Waals surface area (Å²) in [7, 11) is 0. The van der Waals surface area contributed by atoms with Gasteiger partial charge in [-0.25, -0.2) is 5.48 Å². The van der Waals surface area contributed by atoms with Gasteiger partial charge in [-0.1, -0.05) is 19.8 Å². The molecule has 1 N–H and O–H groups in total. The third kappa shape index (κ3) is 2.02. The summed E-state index contributed by atoms with van der Waals surface area (Å²) in [6, 6.07) is 0. The predicted molar refractivity (Wildman–Crippen MR) is 48.8 cm³/mol. The molecule has 0 bridgehead atoms. The minimum atomic E-state index is -0.112. The molecule has 2 fully saturated rings. The van der Waals surface area contributed by atoms with Crippen molar-refractivity contribution in [2.24, 2.45) is 5.41 Å². The van der Waals surface area contributed by atoms with E-state index in [1.807, 2.05) is 6.92 Å². The molecule has 1 amide bonds. The topological polar surface area (TPSA) is 38.3 Å². The monoisotopic (exact) mass is 183 g/mol. The van der Waals surface area contributed by atoms with Crippen LogP contribution in [0, 0.1) is 5.41 Å². The molecule has 0 radical (unpaired) electrons. The fourth-order valence-corrected chi connectivity index (χ4v) is 1.68. The Labute approximate surface area is 78.8 Å². The van der Waals surface area contributed by atoms with Crippen LogP contribution in [0.2, 0.25) is 0 Å². The first kappa shape index (κ1) is 9.00. The van der Waals surface area contributed by atoms with Gasteiger partial charge in [0.25, 0.3) is 0 Å². The third-order valence-corrected chi connectivity index (χ3v) is 3.17. The summed E-state index contributed by atoms with van der Waals surface area (Å²) < 4.78 is 0. The van der Waals surface area contributed by atoms with Gasteiger partial charge >= 0.3 is 0 Å². The molecule has 0 spiro atoms. The lowest BCUT2D eigenvalue weighted by molar-refractivity contribution is -0.143. The van der Waals surface area contributed by atoms with Crippen molar-refractivity contribution in [1.82, 2.24) is 5.48 Å². The molecule has 2 aliphatic carbocycles. The van der Waals surface area contributed by atoms with Crippen LogP contribution < -0.4 is 5.48 Å². The van der Waals surface area contributed by atoms with E-state index in [4.69, 9.17) is 4.84 Å². The lowest BCUT2D eigenvalue weighted by Crippen LogP contribution is -2.33. The minimum Gasteiger partial charge on any atom is -0.272 e. The SMILES string of the molecule is CC1(C(=O)NOC2CCCC2)CC1. The smallest absolute Gasteiger partial charge is 0.249 e. The first-order valence-electron chi connectivity index (χ1n) is 5.17. The maximum absolute atomic E-state index is 11.4. The van der Waals surface area contributed by atoms with Crippen LogP contribution in [-0.2, 0) is 9.63 Å². The summed E-state index contributed by atoms with van der Waals surface area (Å²) >= 11 is 0. The number of carbonyl (C=O) groups excluding carboxylic acids is 1. The Balaban J connectivity index is 1.69. The number of amides is 1. The second-order valence-electron chi connectivity index (χ2n) is 4.52. The van der Waals surface area contributed by atoms with E-state index in [-0.39, 0.29) is 17.4 Å². The van der Waals surface area contributed by atoms with Crippen LogP contribution in [-0.4, -0.2) is 12.0 Å². The molecule has 3 heteroatoms. The second-order valence-corrected chi connectivity index (χ2v) is 4.52. The molecular formula is C10H17NO2. The molecular weight excluding hydrogens is 166 g/mol.